The number of carbonyl (C=O) groups is 2. The minimum atomic E-state index is -0.838. The van der Waals surface area contributed by atoms with Gasteiger partial charge in [0.2, 0.25) is 0 Å². The summed E-state index contributed by atoms with van der Waals surface area (Å²) in [5, 5.41) is 5.12. The van der Waals surface area contributed by atoms with Crippen LogP contribution in [0.3, 0.4) is 0 Å². The quantitative estimate of drug-likeness (QED) is 0.698. The van der Waals surface area contributed by atoms with Crippen LogP contribution in [-0.4, -0.2) is 18.5 Å². The first-order valence-corrected chi connectivity index (χ1v) is 8.27. The second-order valence-electron chi connectivity index (χ2n) is 6.58. The lowest BCUT2D eigenvalue weighted by Gasteiger charge is -2.29. The molecule has 1 N–H and O–H groups in total. The fraction of sp³-hybridized carbons (Fsp3) is 0.143. The van der Waals surface area contributed by atoms with Crippen LogP contribution in [0.4, 0.5) is 0 Å². The van der Waals surface area contributed by atoms with E-state index in [0.29, 0.717) is 5.56 Å². The van der Waals surface area contributed by atoms with E-state index in [9.17, 15) is 9.59 Å². The predicted octanol–water partition coefficient (Wildman–Crippen LogP) is 3.12. The van der Waals surface area contributed by atoms with Gasteiger partial charge in [-0.3, -0.25) is 9.59 Å². The van der Waals surface area contributed by atoms with Crippen molar-refractivity contribution < 1.29 is 14.3 Å². The Kier molecular flexibility index (Phi) is 2.80. The second-order valence-corrected chi connectivity index (χ2v) is 6.58. The van der Waals surface area contributed by atoms with Gasteiger partial charge < -0.3 is 10.1 Å². The molecule has 0 aromatic heterocycles. The van der Waals surface area contributed by atoms with Crippen LogP contribution in [-0.2, 0) is 15.1 Å². The molecule has 1 spiro atoms. The van der Waals surface area contributed by atoms with Crippen LogP contribution in [0.15, 0.2) is 66.7 Å². The minimum absolute atomic E-state index is 0.154. The van der Waals surface area contributed by atoms with E-state index in [2.05, 4.69) is 5.32 Å². The number of cyclic esters (lactones) is 1. The lowest BCUT2D eigenvalue weighted by Crippen LogP contribution is -2.45. The van der Waals surface area contributed by atoms with Crippen molar-refractivity contribution in [3.8, 4) is 0 Å². The standard InChI is InChI=1S/C21H15NO3/c23-19-16-9-3-4-11-17(16)21(22-19)12-25-20(24)18(21)15-10-5-7-13-6-1-2-8-14(13)15/h1-11,18H,12H2,(H,22,23). The minimum Gasteiger partial charge on any atom is -0.462 e. The Morgan fingerprint density at radius 2 is 1.68 bits per heavy atom. The maximum atomic E-state index is 12.7. The van der Waals surface area contributed by atoms with Gasteiger partial charge in [-0.25, -0.2) is 0 Å². The van der Waals surface area contributed by atoms with E-state index >= 15 is 0 Å². The molecule has 5 rings (SSSR count). The summed E-state index contributed by atoms with van der Waals surface area (Å²) in [4.78, 5) is 25.2. The number of rotatable bonds is 1. The smallest absolute Gasteiger partial charge is 0.316 e. The monoisotopic (exact) mass is 329 g/mol. The van der Waals surface area contributed by atoms with Crippen LogP contribution < -0.4 is 5.32 Å². The zero-order valence-electron chi connectivity index (χ0n) is 13.4. The highest BCUT2D eigenvalue weighted by atomic mass is 16.5. The van der Waals surface area contributed by atoms with Gasteiger partial charge in [-0.05, 0) is 28.0 Å². The van der Waals surface area contributed by atoms with E-state index in [1.165, 1.54) is 0 Å². The summed E-state index contributed by atoms with van der Waals surface area (Å²) in [5.74, 6) is -1.02. The molecular weight excluding hydrogens is 314 g/mol. The molecule has 1 saturated heterocycles. The summed E-state index contributed by atoms with van der Waals surface area (Å²) in [6, 6.07) is 21.3. The van der Waals surface area contributed by atoms with Crippen molar-refractivity contribution in [1.82, 2.24) is 5.32 Å². The number of ether oxygens (including phenoxy) is 1. The van der Waals surface area contributed by atoms with Gasteiger partial charge in [0.15, 0.2) is 0 Å². The fourth-order valence-corrected chi connectivity index (χ4v) is 4.20. The van der Waals surface area contributed by atoms with Gasteiger partial charge in [-0.2, -0.15) is 0 Å². The van der Waals surface area contributed by atoms with Crippen molar-refractivity contribution in [3.63, 3.8) is 0 Å². The van der Waals surface area contributed by atoms with Crippen LogP contribution in [0.5, 0.6) is 0 Å². The Hall–Kier alpha value is -3.14. The zero-order chi connectivity index (χ0) is 17.0. The van der Waals surface area contributed by atoms with Gasteiger partial charge in [0.25, 0.3) is 5.91 Å². The van der Waals surface area contributed by atoms with Crippen LogP contribution in [0.2, 0.25) is 0 Å². The molecule has 1 amide bonds. The fourth-order valence-electron chi connectivity index (χ4n) is 4.20. The summed E-state index contributed by atoms with van der Waals surface area (Å²) < 4.78 is 5.46. The topological polar surface area (TPSA) is 55.4 Å². The molecule has 1 fully saturated rings. The van der Waals surface area contributed by atoms with Crippen molar-refractivity contribution in [2.45, 2.75) is 11.5 Å². The summed E-state index contributed by atoms with van der Waals surface area (Å²) in [5.41, 5.74) is 1.50. The first-order valence-electron chi connectivity index (χ1n) is 8.27. The SMILES string of the molecule is O=C1NC2(COC(=O)C2c2cccc3ccccc23)c2ccccc21. The third-order valence-corrected chi connectivity index (χ3v) is 5.29. The highest BCUT2D eigenvalue weighted by Gasteiger charge is 2.57. The Balaban J connectivity index is 1.78. The summed E-state index contributed by atoms with van der Waals surface area (Å²) in [6.45, 7) is 0.155. The zero-order valence-corrected chi connectivity index (χ0v) is 13.4. The molecule has 2 unspecified atom stereocenters. The van der Waals surface area contributed by atoms with Crippen LogP contribution in [0.25, 0.3) is 10.8 Å². The van der Waals surface area contributed by atoms with E-state index in [1.807, 2.05) is 60.7 Å². The number of fused-ring (bicyclic) bond motifs is 3. The Morgan fingerprint density at radius 3 is 2.60 bits per heavy atom. The molecule has 2 aliphatic heterocycles. The van der Waals surface area contributed by atoms with Crippen LogP contribution >= 0.6 is 0 Å². The average Bonchev–Trinajstić information content (AvgIpc) is 3.12. The maximum Gasteiger partial charge on any atom is 0.316 e. The Labute approximate surface area is 144 Å². The maximum absolute atomic E-state index is 12.7. The lowest BCUT2D eigenvalue weighted by atomic mass is 9.76. The van der Waals surface area contributed by atoms with E-state index in [-0.39, 0.29) is 18.5 Å². The molecule has 0 radical (unpaired) electrons. The number of hydrogen-bond donors (Lipinski definition) is 1. The van der Waals surface area contributed by atoms with Gasteiger partial charge in [0.1, 0.15) is 18.1 Å². The number of carbonyl (C=O) groups excluding carboxylic acids is 2. The average molecular weight is 329 g/mol. The Morgan fingerprint density at radius 1 is 0.920 bits per heavy atom. The molecule has 122 valence electrons. The van der Waals surface area contributed by atoms with Gasteiger partial charge in [0, 0.05) is 5.56 Å². The predicted molar refractivity (Wildman–Crippen MR) is 93.2 cm³/mol. The molecule has 2 aliphatic rings. The molecule has 25 heavy (non-hydrogen) atoms. The van der Waals surface area contributed by atoms with Gasteiger partial charge in [0.05, 0.1) is 0 Å². The van der Waals surface area contributed by atoms with Gasteiger partial charge in [-0.1, -0.05) is 60.7 Å². The normalized spacial score (nSPS) is 24.4. The van der Waals surface area contributed by atoms with Crippen LogP contribution in [0.1, 0.15) is 27.4 Å². The first kappa shape index (κ1) is 14.2. The van der Waals surface area contributed by atoms with Crippen molar-refractivity contribution in [2.75, 3.05) is 6.61 Å². The number of amides is 1. The van der Waals surface area contributed by atoms with E-state index in [4.69, 9.17) is 4.74 Å². The third-order valence-electron chi connectivity index (χ3n) is 5.29. The highest BCUT2D eigenvalue weighted by molar-refractivity contribution is 6.03. The molecule has 3 aromatic rings. The van der Waals surface area contributed by atoms with E-state index < -0.39 is 11.5 Å². The van der Waals surface area contributed by atoms with Crippen molar-refractivity contribution in [3.05, 3.63) is 83.4 Å². The largest absolute Gasteiger partial charge is 0.462 e. The van der Waals surface area contributed by atoms with Crippen LogP contribution in [0, 0.1) is 0 Å². The summed E-state index contributed by atoms with van der Waals surface area (Å²) in [7, 11) is 0. The molecule has 2 heterocycles. The molecule has 4 heteroatoms. The molecule has 3 aromatic carbocycles. The lowest BCUT2D eigenvalue weighted by molar-refractivity contribution is -0.139. The molecule has 0 aliphatic carbocycles. The van der Waals surface area contributed by atoms with Crippen molar-refractivity contribution >= 4 is 22.6 Å². The highest BCUT2D eigenvalue weighted by Crippen LogP contribution is 2.48. The molecular formula is C21H15NO3. The van der Waals surface area contributed by atoms with Gasteiger partial charge in [-0.15, -0.1) is 0 Å². The molecule has 4 nitrogen and oxygen atoms in total. The number of hydrogen-bond acceptors (Lipinski definition) is 3. The molecule has 0 bridgehead atoms. The van der Waals surface area contributed by atoms with Crippen molar-refractivity contribution in [1.29, 1.82) is 0 Å². The van der Waals surface area contributed by atoms with E-state index in [0.717, 1.165) is 21.9 Å². The molecule has 0 saturated carbocycles. The number of nitrogens with one attached hydrogen (secondary N) is 1. The molecule has 2 atom stereocenters. The second kappa shape index (κ2) is 4.93. The van der Waals surface area contributed by atoms with Gasteiger partial charge >= 0.3 is 5.97 Å². The van der Waals surface area contributed by atoms with Crippen molar-refractivity contribution in [2.24, 2.45) is 0 Å². The summed E-state index contributed by atoms with van der Waals surface area (Å²) in [6.07, 6.45) is 0. The Bertz CT molecular complexity index is 1040. The number of benzene rings is 3. The first-order chi connectivity index (χ1) is 12.2. The van der Waals surface area contributed by atoms with E-state index in [1.54, 1.807) is 6.07 Å². The summed E-state index contributed by atoms with van der Waals surface area (Å²) >= 11 is 0. The third kappa shape index (κ3) is 1.82. The number of esters is 1.